The molecule has 0 bridgehead atoms. The maximum absolute atomic E-state index is 7.31. The van der Waals surface area contributed by atoms with Gasteiger partial charge in [-0.25, -0.2) is 0 Å². The van der Waals surface area contributed by atoms with E-state index in [0.717, 1.165) is 25.9 Å². The zero-order valence-electron chi connectivity index (χ0n) is 32.1. The highest BCUT2D eigenvalue weighted by Gasteiger charge is 2.55. The summed E-state index contributed by atoms with van der Waals surface area (Å²) in [5.74, 6) is 2.54. The fraction of sp³-hybridized carbons (Fsp3) is 0.700. The maximum atomic E-state index is 7.31. The van der Waals surface area contributed by atoms with E-state index in [4.69, 9.17) is 23.2 Å². The summed E-state index contributed by atoms with van der Waals surface area (Å²) in [6.45, 7) is 29.4. The van der Waals surface area contributed by atoms with Gasteiger partial charge in [-0.3, -0.25) is 0 Å². The normalized spacial score (nSPS) is 20.4. The summed E-state index contributed by atoms with van der Waals surface area (Å²) in [6.07, 6.45) is 3.30. The first kappa shape index (κ1) is 40.0. The summed E-state index contributed by atoms with van der Waals surface area (Å²) in [6, 6.07) is 22.0. The number of hydrogen-bond donors (Lipinski definition) is 0. The lowest BCUT2D eigenvalue weighted by atomic mass is 9.57. The van der Waals surface area contributed by atoms with Crippen LogP contribution in [-0.2, 0) is 23.2 Å². The van der Waals surface area contributed by atoms with Gasteiger partial charge in [0.2, 0.25) is 0 Å². The molecule has 0 saturated carbocycles. The maximum Gasteiger partial charge on any atom is 0.461 e. The van der Waals surface area contributed by atoms with Gasteiger partial charge in [0.05, 0.1) is 17.8 Å². The summed E-state index contributed by atoms with van der Waals surface area (Å²) < 4.78 is 31.6. The summed E-state index contributed by atoms with van der Waals surface area (Å²) in [7, 11) is -1.10. The standard InChI is InChI=1S/C40H67BO5Si/c1-30(24-31(2)28-44-47(38(6,7)8,35-20-16-14-17-21-35)36-22-18-15-19-23-36)25-33(4)37(34(5)26-32(3)27-43-29-42-13)41-45-39(9,10)40(11,12)46-41/h14-23,30-34,37H,24-29H2,1-13H3/t30-,31+,32-,33-,34+,37?/m0/s1. The second kappa shape index (κ2) is 17.0. The second-order valence-corrected chi connectivity index (χ2v) is 21.2. The smallest absolute Gasteiger partial charge is 0.407 e. The molecule has 0 spiro atoms. The molecule has 47 heavy (non-hydrogen) atoms. The zero-order chi connectivity index (χ0) is 35.0. The molecular weight excluding hydrogens is 599 g/mol. The van der Waals surface area contributed by atoms with E-state index in [1.807, 2.05) is 0 Å². The third-order valence-electron chi connectivity index (χ3n) is 10.9. The highest BCUT2D eigenvalue weighted by Crippen LogP contribution is 2.47. The Labute approximate surface area is 290 Å². The van der Waals surface area contributed by atoms with Crippen LogP contribution in [-0.4, -0.2) is 53.8 Å². The molecule has 0 amide bonds. The minimum absolute atomic E-state index is 0.0203. The molecule has 1 saturated heterocycles. The van der Waals surface area contributed by atoms with E-state index in [1.165, 1.54) is 10.4 Å². The van der Waals surface area contributed by atoms with Crippen LogP contribution in [0.25, 0.3) is 0 Å². The number of ether oxygens (including phenoxy) is 2. The van der Waals surface area contributed by atoms with E-state index in [1.54, 1.807) is 7.11 Å². The van der Waals surface area contributed by atoms with Crippen LogP contribution in [0, 0.1) is 29.6 Å². The van der Waals surface area contributed by atoms with Gasteiger partial charge in [0.15, 0.2) is 0 Å². The van der Waals surface area contributed by atoms with Crippen molar-refractivity contribution in [3.05, 3.63) is 60.7 Å². The Hall–Kier alpha value is -1.48. The lowest BCUT2D eigenvalue weighted by Gasteiger charge is -2.43. The third kappa shape index (κ3) is 10.0. The van der Waals surface area contributed by atoms with Crippen molar-refractivity contribution in [3.63, 3.8) is 0 Å². The van der Waals surface area contributed by atoms with Crippen LogP contribution in [0.1, 0.15) is 102 Å². The van der Waals surface area contributed by atoms with Gasteiger partial charge < -0.3 is 23.2 Å². The van der Waals surface area contributed by atoms with Gasteiger partial charge in [-0.1, -0.05) is 116 Å². The predicted octanol–water partition coefficient (Wildman–Crippen LogP) is 9.00. The second-order valence-electron chi connectivity index (χ2n) is 16.9. The summed E-state index contributed by atoms with van der Waals surface area (Å²) in [5.41, 5.74) is -0.693. The fourth-order valence-corrected chi connectivity index (χ4v) is 12.7. The zero-order valence-corrected chi connectivity index (χ0v) is 33.1. The molecule has 5 nitrogen and oxygen atoms in total. The third-order valence-corrected chi connectivity index (χ3v) is 15.9. The van der Waals surface area contributed by atoms with E-state index < -0.39 is 8.32 Å². The quantitative estimate of drug-likeness (QED) is 0.0903. The molecule has 0 radical (unpaired) electrons. The SMILES string of the molecule is COCOC[C@@H](C)C[C@@H](C)C(B1OC(C)(C)C(C)(C)O1)[C@@H](C)C[C@@H](C)C[C@@H](C)CO[Si](c1ccccc1)(c1ccccc1)C(C)(C)C. The highest BCUT2D eigenvalue weighted by atomic mass is 28.4. The summed E-state index contributed by atoms with van der Waals surface area (Å²) >= 11 is 0. The monoisotopic (exact) mass is 666 g/mol. The molecule has 1 heterocycles. The molecule has 2 aromatic carbocycles. The summed E-state index contributed by atoms with van der Waals surface area (Å²) in [4.78, 5) is 0. The van der Waals surface area contributed by atoms with E-state index in [9.17, 15) is 0 Å². The molecule has 1 fully saturated rings. The highest BCUT2D eigenvalue weighted by molar-refractivity contribution is 6.99. The van der Waals surface area contributed by atoms with Gasteiger partial charge in [-0.2, -0.15) is 0 Å². The Morgan fingerprint density at radius 2 is 1.13 bits per heavy atom. The number of methoxy groups -OCH3 is 1. The van der Waals surface area contributed by atoms with E-state index >= 15 is 0 Å². The molecule has 0 aliphatic carbocycles. The molecule has 264 valence electrons. The average molecular weight is 667 g/mol. The average Bonchev–Trinajstić information content (AvgIpc) is 3.19. The Kier molecular flexibility index (Phi) is 14.4. The lowest BCUT2D eigenvalue weighted by molar-refractivity contribution is -0.0438. The van der Waals surface area contributed by atoms with Crippen molar-refractivity contribution >= 4 is 25.8 Å². The number of benzene rings is 2. The van der Waals surface area contributed by atoms with Crippen molar-refractivity contribution in [2.45, 2.75) is 124 Å². The van der Waals surface area contributed by atoms with Crippen molar-refractivity contribution in [3.8, 4) is 0 Å². The summed E-state index contributed by atoms with van der Waals surface area (Å²) in [5, 5.41) is 2.66. The van der Waals surface area contributed by atoms with Crippen molar-refractivity contribution in [2.75, 3.05) is 27.1 Å². The van der Waals surface area contributed by atoms with Crippen molar-refractivity contribution in [1.29, 1.82) is 0 Å². The van der Waals surface area contributed by atoms with Crippen molar-refractivity contribution in [2.24, 2.45) is 29.6 Å². The predicted molar refractivity (Wildman–Crippen MR) is 201 cm³/mol. The van der Waals surface area contributed by atoms with Gasteiger partial charge in [-0.15, -0.1) is 0 Å². The molecule has 1 aliphatic rings. The Morgan fingerprint density at radius 3 is 1.57 bits per heavy atom. The molecular formula is C40H67BO5Si. The molecule has 6 atom stereocenters. The first-order chi connectivity index (χ1) is 21.9. The largest absolute Gasteiger partial charge is 0.461 e. The minimum atomic E-state index is -2.55. The Balaban J connectivity index is 1.74. The van der Waals surface area contributed by atoms with E-state index in [0.29, 0.717) is 43.0 Å². The van der Waals surface area contributed by atoms with Crippen LogP contribution < -0.4 is 10.4 Å². The first-order valence-electron chi connectivity index (χ1n) is 18.1. The topological polar surface area (TPSA) is 46.2 Å². The number of hydrogen-bond acceptors (Lipinski definition) is 5. The molecule has 7 heteroatoms. The van der Waals surface area contributed by atoms with Crippen molar-refractivity contribution < 1.29 is 23.2 Å². The van der Waals surface area contributed by atoms with Gasteiger partial charge in [0.25, 0.3) is 8.32 Å². The molecule has 1 unspecified atom stereocenters. The van der Waals surface area contributed by atoms with Crippen LogP contribution in [0.15, 0.2) is 60.7 Å². The van der Waals surface area contributed by atoms with Crippen LogP contribution >= 0.6 is 0 Å². The molecule has 1 aliphatic heterocycles. The van der Waals surface area contributed by atoms with E-state index in [-0.39, 0.29) is 29.2 Å². The lowest BCUT2D eigenvalue weighted by Crippen LogP contribution is -2.66. The van der Waals surface area contributed by atoms with Gasteiger partial charge in [0, 0.05) is 13.7 Å². The van der Waals surface area contributed by atoms with Gasteiger partial charge in [-0.05, 0) is 97.8 Å². The van der Waals surface area contributed by atoms with Crippen LogP contribution in [0.5, 0.6) is 0 Å². The van der Waals surface area contributed by atoms with Crippen LogP contribution in [0.2, 0.25) is 10.9 Å². The first-order valence-corrected chi connectivity index (χ1v) is 20.0. The van der Waals surface area contributed by atoms with Gasteiger partial charge >= 0.3 is 7.12 Å². The Morgan fingerprint density at radius 1 is 0.681 bits per heavy atom. The minimum Gasteiger partial charge on any atom is -0.407 e. The fourth-order valence-electron chi connectivity index (χ4n) is 8.01. The molecule has 0 aromatic heterocycles. The Bertz CT molecular complexity index is 1130. The van der Waals surface area contributed by atoms with Gasteiger partial charge in [0.1, 0.15) is 6.79 Å². The van der Waals surface area contributed by atoms with Crippen LogP contribution in [0.3, 0.4) is 0 Å². The molecule has 0 N–H and O–H groups in total. The van der Waals surface area contributed by atoms with Crippen molar-refractivity contribution in [1.82, 2.24) is 0 Å². The van der Waals surface area contributed by atoms with E-state index in [2.05, 4.69) is 144 Å². The number of rotatable bonds is 18. The molecule has 3 rings (SSSR count). The molecule has 2 aromatic rings. The van der Waals surface area contributed by atoms with Crippen LogP contribution in [0.4, 0.5) is 0 Å².